The Kier molecular flexibility index (Phi) is 7.37. The first-order valence-corrected chi connectivity index (χ1v) is 12.3. The number of nitrogens with two attached hydrogens (primary N) is 1. The van der Waals surface area contributed by atoms with Crippen molar-refractivity contribution in [3.05, 3.63) is 41.2 Å². The standard InChI is InChI=1S/C26H35N5O4/c1-15-29-23(27)21-25(30-15)35-26(2,3)22(31-21)19-10-8-18(9-11-19)17-6-4-16(5-7-17)14-28-24(34)20(33)12-13-32/h8-11,16-17,20,32-33H,4-7,12-14H2,1-3H3,(H,28,34)(H2,27,29,30)/t16-,17-,20?. The average Bonchev–Trinajstić information content (AvgIpc) is 2.82. The highest BCUT2D eigenvalue weighted by atomic mass is 16.5. The number of anilines is 1. The molecular formula is C26H35N5O4. The lowest BCUT2D eigenvalue weighted by Crippen LogP contribution is -2.41. The summed E-state index contributed by atoms with van der Waals surface area (Å²) in [6, 6.07) is 8.50. The minimum absolute atomic E-state index is 0.0671. The summed E-state index contributed by atoms with van der Waals surface area (Å²) in [6.45, 7) is 6.08. The summed E-state index contributed by atoms with van der Waals surface area (Å²) in [5.41, 5.74) is 8.96. The van der Waals surface area contributed by atoms with Gasteiger partial charge in [-0.25, -0.2) is 9.98 Å². The Hall–Kier alpha value is -3.04. The summed E-state index contributed by atoms with van der Waals surface area (Å²) in [6.07, 6.45) is 3.07. The normalized spacial score (nSPS) is 21.9. The number of aromatic nitrogens is 2. The summed E-state index contributed by atoms with van der Waals surface area (Å²) in [5.74, 6) is 1.75. The first kappa shape index (κ1) is 25.1. The van der Waals surface area contributed by atoms with E-state index in [1.165, 1.54) is 5.56 Å². The minimum Gasteiger partial charge on any atom is -0.463 e. The van der Waals surface area contributed by atoms with Crippen LogP contribution in [0.25, 0.3) is 0 Å². The fraction of sp³-hybridized carbons (Fsp3) is 0.538. The SMILES string of the molecule is Cc1nc(N)c2c(n1)OC(C)(C)C(c1ccc([C@H]3CC[C@H](CNC(=O)C(O)CCO)CC3)cc1)=N2. The summed E-state index contributed by atoms with van der Waals surface area (Å²) in [7, 11) is 0. The van der Waals surface area contributed by atoms with Gasteiger partial charge in [0.25, 0.3) is 0 Å². The third kappa shape index (κ3) is 5.62. The van der Waals surface area contributed by atoms with Crippen LogP contribution >= 0.6 is 0 Å². The van der Waals surface area contributed by atoms with Crippen LogP contribution in [0, 0.1) is 12.8 Å². The van der Waals surface area contributed by atoms with Gasteiger partial charge < -0.3 is 26.0 Å². The van der Waals surface area contributed by atoms with Gasteiger partial charge in [-0.05, 0) is 63.9 Å². The Morgan fingerprint density at radius 3 is 2.54 bits per heavy atom. The highest BCUT2D eigenvalue weighted by Gasteiger charge is 2.35. The van der Waals surface area contributed by atoms with E-state index in [9.17, 15) is 9.90 Å². The molecule has 1 aliphatic heterocycles. The second-order valence-electron chi connectivity index (χ2n) is 10.00. The topological polar surface area (TPSA) is 143 Å². The fourth-order valence-corrected chi connectivity index (χ4v) is 4.92. The Bertz CT molecular complexity index is 1090. The molecule has 5 N–H and O–H groups in total. The molecule has 1 saturated carbocycles. The van der Waals surface area contributed by atoms with Crippen molar-refractivity contribution in [2.24, 2.45) is 10.9 Å². The number of benzene rings is 1. The number of aliphatic hydroxyl groups is 2. The highest BCUT2D eigenvalue weighted by molar-refractivity contribution is 6.09. The maximum Gasteiger partial charge on any atom is 0.248 e. The van der Waals surface area contributed by atoms with Gasteiger partial charge in [0, 0.05) is 25.1 Å². The number of rotatable bonds is 7. The molecule has 0 radical (unpaired) electrons. The molecule has 0 spiro atoms. The van der Waals surface area contributed by atoms with Crippen molar-refractivity contribution in [2.75, 3.05) is 18.9 Å². The number of aliphatic hydroxyl groups excluding tert-OH is 2. The van der Waals surface area contributed by atoms with Gasteiger partial charge in [0.2, 0.25) is 11.8 Å². The van der Waals surface area contributed by atoms with Crippen molar-refractivity contribution in [3.63, 3.8) is 0 Å². The first-order chi connectivity index (χ1) is 16.7. The molecule has 2 heterocycles. The van der Waals surface area contributed by atoms with E-state index in [1.807, 2.05) is 13.8 Å². The number of nitrogens with one attached hydrogen (secondary N) is 1. The molecule has 1 amide bonds. The van der Waals surface area contributed by atoms with Crippen molar-refractivity contribution < 1.29 is 19.7 Å². The number of hydrogen-bond acceptors (Lipinski definition) is 8. The van der Waals surface area contributed by atoms with E-state index in [-0.39, 0.29) is 13.0 Å². The smallest absolute Gasteiger partial charge is 0.248 e. The third-order valence-corrected chi connectivity index (χ3v) is 6.91. The van der Waals surface area contributed by atoms with Crippen molar-refractivity contribution in [1.29, 1.82) is 0 Å². The molecule has 9 nitrogen and oxygen atoms in total. The van der Waals surface area contributed by atoms with Gasteiger partial charge in [-0.2, -0.15) is 4.98 Å². The van der Waals surface area contributed by atoms with Gasteiger partial charge in [0.05, 0.1) is 5.71 Å². The van der Waals surface area contributed by atoms with Crippen LogP contribution in [0.4, 0.5) is 11.5 Å². The van der Waals surface area contributed by atoms with Crippen LogP contribution in [0.2, 0.25) is 0 Å². The first-order valence-electron chi connectivity index (χ1n) is 12.3. The maximum atomic E-state index is 11.9. The molecular weight excluding hydrogens is 446 g/mol. The number of hydrogen-bond donors (Lipinski definition) is 4. The zero-order valence-corrected chi connectivity index (χ0v) is 20.6. The zero-order valence-electron chi connectivity index (χ0n) is 20.6. The number of fused-ring (bicyclic) bond motifs is 1. The van der Waals surface area contributed by atoms with E-state index in [0.29, 0.717) is 41.6 Å². The van der Waals surface area contributed by atoms with E-state index in [0.717, 1.165) is 37.0 Å². The summed E-state index contributed by atoms with van der Waals surface area (Å²) >= 11 is 0. The molecule has 2 aromatic rings. The number of nitrogens with zero attached hydrogens (tertiary/aromatic N) is 3. The van der Waals surface area contributed by atoms with Gasteiger partial charge in [-0.15, -0.1) is 0 Å². The van der Waals surface area contributed by atoms with Crippen molar-refractivity contribution in [2.45, 2.75) is 70.5 Å². The Morgan fingerprint density at radius 1 is 1.20 bits per heavy atom. The predicted molar refractivity (Wildman–Crippen MR) is 134 cm³/mol. The molecule has 1 aliphatic carbocycles. The number of aliphatic imine (C=N–C) groups is 1. The van der Waals surface area contributed by atoms with Crippen LogP contribution in [0.1, 0.15) is 68.8 Å². The quantitative estimate of drug-likeness (QED) is 0.476. The van der Waals surface area contributed by atoms with Gasteiger partial charge >= 0.3 is 0 Å². The lowest BCUT2D eigenvalue weighted by atomic mass is 9.78. The predicted octanol–water partition coefficient (Wildman–Crippen LogP) is 2.79. The molecule has 4 rings (SSSR count). The van der Waals surface area contributed by atoms with Gasteiger partial charge in [-0.1, -0.05) is 24.3 Å². The third-order valence-electron chi connectivity index (χ3n) is 6.91. The number of carbonyl (C=O) groups is 1. The van der Waals surface area contributed by atoms with Gasteiger partial charge in [0.15, 0.2) is 11.5 Å². The number of aryl methyl sites for hydroxylation is 1. The second-order valence-corrected chi connectivity index (χ2v) is 10.00. The van der Waals surface area contributed by atoms with Crippen LogP contribution in [-0.2, 0) is 4.79 Å². The molecule has 188 valence electrons. The summed E-state index contributed by atoms with van der Waals surface area (Å²) in [5, 5.41) is 21.3. The van der Waals surface area contributed by atoms with Crippen LogP contribution in [0.15, 0.2) is 29.3 Å². The molecule has 1 aromatic heterocycles. The Morgan fingerprint density at radius 2 is 1.89 bits per heavy atom. The second kappa shape index (κ2) is 10.3. The fourth-order valence-electron chi connectivity index (χ4n) is 4.92. The Labute approximate surface area is 205 Å². The Balaban J connectivity index is 1.39. The van der Waals surface area contributed by atoms with E-state index < -0.39 is 17.6 Å². The van der Waals surface area contributed by atoms with Gasteiger partial charge in [0.1, 0.15) is 17.5 Å². The van der Waals surface area contributed by atoms with Crippen molar-refractivity contribution in [3.8, 4) is 5.88 Å². The summed E-state index contributed by atoms with van der Waals surface area (Å²) < 4.78 is 6.15. The van der Waals surface area contributed by atoms with E-state index in [1.54, 1.807) is 6.92 Å². The molecule has 2 aliphatic rings. The number of ether oxygens (including phenoxy) is 1. The lowest BCUT2D eigenvalue weighted by Gasteiger charge is -2.32. The maximum absolute atomic E-state index is 11.9. The lowest BCUT2D eigenvalue weighted by molar-refractivity contribution is -0.130. The van der Waals surface area contributed by atoms with E-state index in [2.05, 4.69) is 39.6 Å². The van der Waals surface area contributed by atoms with Crippen LogP contribution in [0.5, 0.6) is 5.88 Å². The number of nitrogen functional groups attached to an aromatic ring is 1. The van der Waals surface area contributed by atoms with E-state index >= 15 is 0 Å². The molecule has 1 fully saturated rings. The van der Waals surface area contributed by atoms with Crippen molar-refractivity contribution >= 4 is 23.1 Å². The number of carbonyl (C=O) groups excluding carboxylic acids is 1. The number of amides is 1. The van der Waals surface area contributed by atoms with E-state index in [4.69, 9.17) is 20.6 Å². The highest BCUT2D eigenvalue weighted by Crippen LogP contribution is 2.40. The van der Waals surface area contributed by atoms with Crippen molar-refractivity contribution in [1.82, 2.24) is 15.3 Å². The zero-order chi connectivity index (χ0) is 25.2. The minimum atomic E-state index is -1.14. The molecule has 1 aromatic carbocycles. The van der Waals surface area contributed by atoms with Crippen LogP contribution < -0.4 is 15.8 Å². The largest absolute Gasteiger partial charge is 0.463 e. The van der Waals surface area contributed by atoms with Crippen LogP contribution in [0.3, 0.4) is 0 Å². The molecule has 1 atom stereocenters. The molecule has 0 bridgehead atoms. The van der Waals surface area contributed by atoms with Gasteiger partial charge in [-0.3, -0.25) is 4.79 Å². The van der Waals surface area contributed by atoms with Crippen LogP contribution in [-0.4, -0.2) is 56.7 Å². The summed E-state index contributed by atoms with van der Waals surface area (Å²) in [4.78, 5) is 25.2. The molecule has 0 saturated heterocycles. The molecule has 1 unspecified atom stereocenters. The average molecular weight is 482 g/mol. The monoisotopic (exact) mass is 481 g/mol. The molecule has 9 heteroatoms. The molecule has 35 heavy (non-hydrogen) atoms.